The minimum absolute atomic E-state index is 0.338. The number of nitrogens with one attached hydrogen (secondary N) is 1. The van der Waals surface area contributed by atoms with E-state index < -0.39 is 5.60 Å². The quantitative estimate of drug-likeness (QED) is 0.726. The number of fused-ring (bicyclic) bond motifs is 2. The van der Waals surface area contributed by atoms with E-state index in [0.29, 0.717) is 0 Å². The third-order valence-corrected chi connectivity index (χ3v) is 5.09. The standard InChI is InChI=1S/C19H18ClNO2/c20-15-6-4-5-13(11-15)14-7-8-17-16(12-14)19(23-18(22)21-17)9-2-1-3-10-19/h4-8,11-12H,1-3,9-10H2,(H,21,22). The van der Waals surface area contributed by atoms with Gasteiger partial charge in [0.15, 0.2) is 0 Å². The number of halogens is 1. The Balaban J connectivity index is 1.83. The van der Waals surface area contributed by atoms with Gasteiger partial charge in [-0.3, -0.25) is 5.32 Å². The Labute approximate surface area is 140 Å². The first-order valence-electron chi connectivity index (χ1n) is 8.07. The van der Waals surface area contributed by atoms with Crippen LogP contribution in [0.3, 0.4) is 0 Å². The van der Waals surface area contributed by atoms with Crippen LogP contribution in [0.25, 0.3) is 11.1 Å². The smallest absolute Gasteiger partial charge is 0.412 e. The summed E-state index contributed by atoms with van der Waals surface area (Å²) in [6.07, 6.45) is 4.84. The average Bonchev–Trinajstić information content (AvgIpc) is 2.55. The number of hydrogen-bond acceptors (Lipinski definition) is 2. The van der Waals surface area contributed by atoms with Crippen molar-refractivity contribution in [3.63, 3.8) is 0 Å². The number of ether oxygens (including phenoxy) is 1. The molecule has 1 saturated carbocycles. The lowest BCUT2D eigenvalue weighted by atomic mass is 9.77. The van der Waals surface area contributed by atoms with Crippen molar-refractivity contribution in [3.8, 4) is 11.1 Å². The maximum Gasteiger partial charge on any atom is 0.412 e. The average molecular weight is 328 g/mol. The van der Waals surface area contributed by atoms with Crippen LogP contribution >= 0.6 is 11.6 Å². The summed E-state index contributed by atoms with van der Waals surface area (Å²) in [6, 6.07) is 14.0. The second kappa shape index (κ2) is 5.57. The summed E-state index contributed by atoms with van der Waals surface area (Å²) in [5.74, 6) is 0. The van der Waals surface area contributed by atoms with Crippen LogP contribution < -0.4 is 5.32 Å². The van der Waals surface area contributed by atoms with Gasteiger partial charge in [0.05, 0.1) is 5.69 Å². The molecule has 2 aromatic rings. The van der Waals surface area contributed by atoms with Crippen LogP contribution in [0.2, 0.25) is 5.02 Å². The molecule has 1 aliphatic heterocycles. The van der Waals surface area contributed by atoms with E-state index in [1.807, 2.05) is 36.4 Å². The molecule has 2 aromatic carbocycles. The molecule has 0 saturated heterocycles. The van der Waals surface area contributed by atoms with Gasteiger partial charge in [0.2, 0.25) is 0 Å². The van der Waals surface area contributed by atoms with Crippen LogP contribution in [-0.4, -0.2) is 6.09 Å². The molecule has 1 aliphatic carbocycles. The first kappa shape index (κ1) is 14.6. The van der Waals surface area contributed by atoms with Gasteiger partial charge in [0, 0.05) is 10.6 Å². The van der Waals surface area contributed by atoms with Gasteiger partial charge in [-0.1, -0.05) is 36.2 Å². The Morgan fingerprint density at radius 3 is 2.57 bits per heavy atom. The van der Waals surface area contributed by atoms with Gasteiger partial charge in [0.1, 0.15) is 5.60 Å². The number of carbonyl (C=O) groups is 1. The molecule has 3 nitrogen and oxygen atoms in total. The third-order valence-electron chi connectivity index (χ3n) is 4.85. The van der Waals surface area contributed by atoms with E-state index in [1.165, 1.54) is 6.42 Å². The number of amides is 1. The Kier molecular flexibility index (Phi) is 3.53. The van der Waals surface area contributed by atoms with Crippen LogP contribution in [0.15, 0.2) is 42.5 Å². The maximum absolute atomic E-state index is 11.9. The van der Waals surface area contributed by atoms with Gasteiger partial charge in [-0.15, -0.1) is 0 Å². The Bertz CT molecular complexity index is 766. The molecule has 2 aliphatic rings. The second-order valence-corrected chi connectivity index (χ2v) is 6.78. The van der Waals surface area contributed by atoms with Crippen LogP contribution in [0.5, 0.6) is 0 Å². The normalized spacial score (nSPS) is 18.9. The van der Waals surface area contributed by atoms with Crippen molar-refractivity contribution in [2.24, 2.45) is 0 Å². The predicted molar refractivity (Wildman–Crippen MR) is 91.8 cm³/mol. The summed E-state index contributed by atoms with van der Waals surface area (Å²) in [5.41, 5.74) is 3.66. The third kappa shape index (κ3) is 2.59. The number of anilines is 1. The molecule has 0 radical (unpaired) electrons. The maximum atomic E-state index is 11.9. The molecule has 1 amide bonds. The van der Waals surface area contributed by atoms with E-state index >= 15 is 0 Å². The SMILES string of the molecule is O=C1Nc2ccc(-c3cccc(Cl)c3)cc2C2(CCCCC2)O1. The minimum Gasteiger partial charge on any atom is -0.438 e. The van der Waals surface area contributed by atoms with Gasteiger partial charge in [-0.2, -0.15) is 0 Å². The van der Waals surface area contributed by atoms with Crippen molar-refractivity contribution in [1.29, 1.82) is 0 Å². The molecule has 1 N–H and O–H groups in total. The molecule has 4 heteroatoms. The summed E-state index contributed by atoms with van der Waals surface area (Å²) in [4.78, 5) is 11.9. The molecule has 118 valence electrons. The van der Waals surface area contributed by atoms with Crippen LogP contribution in [0.1, 0.15) is 37.7 Å². The Morgan fingerprint density at radius 1 is 1.00 bits per heavy atom. The number of hydrogen-bond donors (Lipinski definition) is 1. The summed E-state index contributed by atoms with van der Waals surface area (Å²) < 4.78 is 5.78. The Hall–Kier alpha value is -2.00. The number of rotatable bonds is 1. The van der Waals surface area contributed by atoms with Crippen LogP contribution in [-0.2, 0) is 10.3 Å². The summed E-state index contributed by atoms with van der Waals surface area (Å²) in [7, 11) is 0. The zero-order valence-corrected chi connectivity index (χ0v) is 13.5. The van der Waals surface area contributed by atoms with E-state index in [4.69, 9.17) is 16.3 Å². The molecule has 23 heavy (non-hydrogen) atoms. The van der Waals surface area contributed by atoms with Crippen molar-refractivity contribution in [2.45, 2.75) is 37.7 Å². The van der Waals surface area contributed by atoms with Gasteiger partial charge in [-0.25, -0.2) is 4.79 Å². The molecule has 0 unspecified atom stereocenters. The van der Waals surface area contributed by atoms with Crippen molar-refractivity contribution >= 4 is 23.4 Å². The lowest BCUT2D eigenvalue weighted by Crippen LogP contribution is -2.41. The highest BCUT2D eigenvalue weighted by Gasteiger charge is 2.42. The van der Waals surface area contributed by atoms with Crippen LogP contribution in [0.4, 0.5) is 10.5 Å². The molecule has 1 heterocycles. The van der Waals surface area contributed by atoms with Crippen LogP contribution in [0, 0.1) is 0 Å². The van der Waals surface area contributed by atoms with Crippen molar-refractivity contribution in [2.75, 3.05) is 5.32 Å². The highest BCUT2D eigenvalue weighted by atomic mass is 35.5. The highest BCUT2D eigenvalue weighted by Crippen LogP contribution is 2.47. The molecule has 4 rings (SSSR count). The van der Waals surface area contributed by atoms with Crippen molar-refractivity contribution < 1.29 is 9.53 Å². The minimum atomic E-state index is -0.468. The monoisotopic (exact) mass is 327 g/mol. The fourth-order valence-corrected chi connectivity index (χ4v) is 3.93. The van der Waals surface area contributed by atoms with Crippen molar-refractivity contribution in [1.82, 2.24) is 0 Å². The van der Waals surface area contributed by atoms with Gasteiger partial charge in [0.25, 0.3) is 0 Å². The molecule has 0 bridgehead atoms. The zero-order chi connectivity index (χ0) is 15.9. The topological polar surface area (TPSA) is 38.3 Å². The largest absolute Gasteiger partial charge is 0.438 e. The highest BCUT2D eigenvalue weighted by molar-refractivity contribution is 6.30. The molecule has 0 aromatic heterocycles. The molecule has 0 atom stereocenters. The number of benzene rings is 2. The summed E-state index contributed by atoms with van der Waals surface area (Å²) >= 11 is 6.12. The zero-order valence-electron chi connectivity index (χ0n) is 12.8. The van der Waals surface area contributed by atoms with Gasteiger partial charge in [-0.05, 0) is 61.1 Å². The lowest BCUT2D eigenvalue weighted by molar-refractivity contribution is -0.0179. The second-order valence-electron chi connectivity index (χ2n) is 6.34. The first-order chi connectivity index (χ1) is 11.2. The van der Waals surface area contributed by atoms with Gasteiger partial charge < -0.3 is 4.74 Å². The number of carbonyl (C=O) groups excluding carboxylic acids is 1. The molecule has 1 spiro atoms. The summed E-state index contributed by atoms with van der Waals surface area (Å²) in [5, 5.41) is 3.55. The molecular weight excluding hydrogens is 310 g/mol. The predicted octanol–water partition coefficient (Wildman–Crippen LogP) is 5.73. The fraction of sp³-hybridized carbons (Fsp3) is 0.316. The summed E-state index contributed by atoms with van der Waals surface area (Å²) in [6.45, 7) is 0. The van der Waals surface area contributed by atoms with E-state index in [2.05, 4.69) is 11.4 Å². The van der Waals surface area contributed by atoms with E-state index in [9.17, 15) is 4.79 Å². The Morgan fingerprint density at radius 2 is 1.78 bits per heavy atom. The van der Waals surface area contributed by atoms with Gasteiger partial charge >= 0.3 is 6.09 Å². The molecular formula is C19H18ClNO2. The molecule has 1 fully saturated rings. The van der Waals surface area contributed by atoms with E-state index in [0.717, 1.165) is 53.1 Å². The van der Waals surface area contributed by atoms with E-state index in [1.54, 1.807) is 0 Å². The lowest BCUT2D eigenvalue weighted by Gasteiger charge is -2.41. The fourth-order valence-electron chi connectivity index (χ4n) is 3.74. The van der Waals surface area contributed by atoms with Crippen molar-refractivity contribution in [3.05, 3.63) is 53.1 Å². The first-order valence-corrected chi connectivity index (χ1v) is 8.45. The van der Waals surface area contributed by atoms with E-state index in [-0.39, 0.29) is 6.09 Å².